The molecule has 3 N–H and O–H groups in total. The number of fused-ring (bicyclic) bond motifs is 5. The monoisotopic (exact) mass is 334 g/mol. The van der Waals surface area contributed by atoms with Crippen molar-refractivity contribution in [1.29, 1.82) is 0 Å². The summed E-state index contributed by atoms with van der Waals surface area (Å²) in [7, 11) is 0. The zero-order valence-corrected chi connectivity index (χ0v) is 13.9. The van der Waals surface area contributed by atoms with Crippen molar-refractivity contribution < 1.29 is 0 Å². The second kappa shape index (κ2) is 5.29. The normalized spacial score (nSPS) is 15.5. The summed E-state index contributed by atoms with van der Waals surface area (Å²) in [6.45, 7) is 5.86. The highest BCUT2D eigenvalue weighted by atomic mass is 16.1. The lowest BCUT2D eigenvalue weighted by Crippen LogP contribution is -2.43. The second-order valence-electron chi connectivity index (χ2n) is 6.52. The van der Waals surface area contributed by atoms with Gasteiger partial charge in [-0.15, -0.1) is 0 Å². The quantitative estimate of drug-likeness (QED) is 0.461. The van der Waals surface area contributed by atoms with Gasteiger partial charge in [-0.2, -0.15) is 5.10 Å². The molecule has 1 fully saturated rings. The first-order chi connectivity index (χ1) is 12.2. The van der Waals surface area contributed by atoms with Crippen LogP contribution in [0.25, 0.3) is 32.7 Å². The van der Waals surface area contributed by atoms with Gasteiger partial charge in [-0.3, -0.25) is 9.89 Å². The largest absolute Gasteiger partial charge is 0.369 e. The SMILES string of the molecule is Cc1[nH]nc2ncc3c(=O)[nH]c4cc(N5CCNCC5)ccc4c3c12. The number of nitrogens with one attached hydrogen (secondary N) is 3. The molecule has 25 heavy (non-hydrogen) atoms. The van der Waals surface area contributed by atoms with Gasteiger partial charge in [-0.25, -0.2) is 4.98 Å². The van der Waals surface area contributed by atoms with Crippen molar-refractivity contribution in [2.75, 3.05) is 31.1 Å². The van der Waals surface area contributed by atoms with E-state index in [1.54, 1.807) is 6.20 Å². The van der Waals surface area contributed by atoms with Crippen LogP contribution in [0, 0.1) is 6.92 Å². The number of aryl methyl sites for hydroxylation is 1. The highest BCUT2D eigenvalue weighted by Gasteiger charge is 2.16. The van der Waals surface area contributed by atoms with E-state index in [4.69, 9.17) is 0 Å². The van der Waals surface area contributed by atoms with E-state index in [0.29, 0.717) is 11.0 Å². The van der Waals surface area contributed by atoms with Crippen LogP contribution in [0.2, 0.25) is 0 Å². The van der Waals surface area contributed by atoms with Gasteiger partial charge in [0.25, 0.3) is 5.56 Å². The Morgan fingerprint density at radius 3 is 2.80 bits per heavy atom. The number of anilines is 1. The molecule has 126 valence electrons. The fourth-order valence-corrected chi connectivity index (χ4v) is 3.75. The second-order valence-corrected chi connectivity index (χ2v) is 6.52. The molecule has 1 aromatic carbocycles. The van der Waals surface area contributed by atoms with Crippen molar-refractivity contribution in [3.05, 3.63) is 40.4 Å². The number of pyridine rings is 2. The molecule has 5 rings (SSSR count). The van der Waals surface area contributed by atoms with Gasteiger partial charge in [0.1, 0.15) is 0 Å². The van der Waals surface area contributed by atoms with Crippen molar-refractivity contribution >= 4 is 38.4 Å². The molecule has 4 heterocycles. The molecule has 0 saturated carbocycles. The molecule has 0 radical (unpaired) electrons. The Hall–Kier alpha value is -2.93. The van der Waals surface area contributed by atoms with Crippen molar-refractivity contribution in [2.45, 2.75) is 6.92 Å². The van der Waals surface area contributed by atoms with E-state index in [2.05, 4.69) is 48.6 Å². The minimum absolute atomic E-state index is 0.116. The van der Waals surface area contributed by atoms with Crippen LogP contribution in [0.4, 0.5) is 5.69 Å². The number of H-pyrrole nitrogens is 2. The summed E-state index contributed by atoms with van der Waals surface area (Å²) in [5.41, 5.74) is 3.43. The summed E-state index contributed by atoms with van der Waals surface area (Å²) in [5.74, 6) is 0. The van der Waals surface area contributed by atoms with Crippen molar-refractivity contribution in [3.63, 3.8) is 0 Å². The van der Waals surface area contributed by atoms with Gasteiger partial charge in [0.15, 0.2) is 5.65 Å². The Kier molecular flexibility index (Phi) is 3.05. The van der Waals surface area contributed by atoms with Gasteiger partial charge in [0.05, 0.1) is 16.3 Å². The van der Waals surface area contributed by atoms with Crippen LogP contribution in [-0.2, 0) is 0 Å². The molecule has 0 spiro atoms. The highest BCUT2D eigenvalue weighted by molar-refractivity contribution is 6.18. The first-order valence-corrected chi connectivity index (χ1v) is 8.47. The zero-order valence-electron chi connectivity index (χ0n) is 13.9. The summed E-state index contributed by atoms with van der Waals surface area (Å²) in [4.78, 5) is 22.3. The average Bonchev–Trinajstić information content (AvgIpc) is 3.03. The molecule has 0 aliphatic carbocycles. The fraction of sp³-hybridized carbons (Fsp3) is 0.278. The Morgan fingerprint density at radius 2 is 1.96 bits per heavy atom. The highest BCUT2D eigenvalue weighted by Crippen LogP contribution is 2.31. The summed E-state index contributed by atoms with van der Waals surface area (Å²) >= 11 is 0. The number of hydrogen-bond acceptors (Lipinski definition) is 5. The smallest absolute Gasteiger partial charge is 0.257 e. The fourth-order valence-electron chi connectivity index (χ4n) is 3.75. The summed E-state index contributed by atoms with van der Waals surface area (Å²) < 4.78 is 0. The average molecular weight is 334 g/mol. The number of piperazine rings is 1. The Labute approximate surface area is 143 Å². The van der Waals surface area contributed by atoms with E-state index in [0.717, 1.165) is 59.2 Å². The van der Waals surface area contributed by atoms with E-state index in [1.807, 2.05) is 6.92 Å². The molecule has 0 unspecified atom stereocenters. The molecule has 3 aromatic heterocycles. The van der Waals surface area contributed by atoms with E-state index in [-0.39, 0.29) is 5.56 Å². The molecular weight excluding hydrogens is 316 g/mol. The van der Waals surface area contributed by atoms with Crippen LogP contribution in [0.3, 0.4) is 0 Å². The summed E-state index contributed by atoms with van der Waals surface area (Å²) in [6.07, 6.45) is 1.61. The van der Waals surface area contributed by atoms with Crippen LogP contribution in [0.15, 0.2) is 29.2 Å². The van der Waals surface area contributed by atoms with Gasteiger partial charge in [-0.05, 0) is 19.1 Å². The van der Waals surface area contributed by atoms with Crippen LogP contribution in [-0.4, -0.2) is 46.3 Å². The number of aromatic amines is 2. The maximum Gasteiger partial charge on any atom is 0.257 e. The number of benzene rings is 1. The molecule has 0 bridgehead atoms. The molecule has 1 saturated heterocycles. The number of hydrogen-bond donors (Lipinski definition) is 3. The topological polar surface area (TPSA) is 89.7 Å². The predicted molar refractivity (Wildman–Crippen MR) is 99.3 cm³/mol. The first-order valence-electron chi connectivity index (χ1n) is 8.47. The maximum atomic E-state index is 12.6. The van der Waals surface area contributed by atoms with Crippen molar-refractivity contribution in [3.8, 4) is 0 Å². The van der Waals surface area contributed by atoms with E-state index >= 15 is 0 Å². The number of aromatic nitrogens is 4. The maximum absolute atomic E-state index is 12.6. The number of nitrogens with zero attached hydrogens (tertiary/aromatic N) is 3. The van der Waals surface area contributed by atoms with Gasteiger partial charge < -0.3 is 15.2 Å². The lowest BCUT2D eigenvalue weighted by Gasteiger charge is -2.29. The molecule has 0 amide bonds. The molecule has 1 aliphatic heterocycles. The first kappa shape index (κ1) is 14.4. The van der Waals surface area contributed by atoms with Gasteiger partial charge in [0.2, 0.25) is 0 Å². The van der Waals surface area contributed by atoms with Crippen LogP contribution in [0.5, 0.6) is 0 Å². The third-order valence-electron chi connectivity index (χ3n) is 5.01. The van der Waals surface area contributed by atoms with Crippen LogP contribution >= 0.6 is 0 Å². The molecule has 0 atom stereocenters. The summed E-state index contributed by atoms with van der Waals surface area (Å²) in [5, 5.41) is 14.0. The van der Waals surface area contributed by atoms with Crippen LogP contribution < -0.4 is 15.8 Å². The molecule has 7 nitrogen and oxygen atoms in total. The van der Waals surface area contributed by atoms with Gasteiger partial charge >= 0.3 is 0 Å². The Morgan fingerprint density at radius 1 is 1.12 bits per heavy atom. The minimum atomic E-state index is -0.116. The molecular formula is C18H18N6O. The van der Waals surface area contributed by atoms with Gasteiger partial charge in [-0.1, -0.05) is 6.07 Å². The minimum Gasteiger partial charge on any atom is -0.369 e. The molecule has 7 heteroatoms. The number of rotatable bonds is 1. The third-order valence-corrected chi connectivity index (χ3v) is 5.01. The standard InChI is InChI=1S/C18H18N6O/c1-10-15-16-12-3-2-11(24-6-4-19-5-7-24)8-14(12)21-18(25)13(16)9-20-17(15)23-22-10/h2-3,8-9,19H,4-7H2,1H3,(H,21,25)(H,20,22,23). The zero-order chi connectivity index (χ0) is 17.0. The van der Waals surface area contributed by atoms with E-state index in [1.165, 1.54) is 0 Å². The lowest BCUT2D eigenvalue weighted by molar-refractivity contribution is 0.589. The van der Waals surface area contributed by atoms with E-state index < -0.39 is 0 Å². The molecule has 1 aliphatic rings. The summed E-state index contributed by atoms with van der Waals surface area (Å²) in [6, 6.07) is 6.30. The Bertz CT molecular complexity index is 1170. The lowest BCUT2D eigenvalue weighted by atomic mass is 10.0. The van der Waals surface area contributed by atoms with Crippen molar-refractivity contribution in [2.24, 2.45) is 0 Å². The van der Waals surface area contributed by atoms with Crippen LogP contribution in [0.1, 0.15) is 5.69 Å². The Balaban J connectivity index is 1.84. The van der Waals surface area contributed by atoms with Crippen molar-refractivity contribution in [1.82, 2.24) is 25.5 Å². The predicted octanol–water partition coefficient (Wildman–Crippen LogP) is 1.67. The van der Waals surface area contributed by atoms with E-state index in [9.17, 15) is 4.79 Å². The van der Waals surface area contributed by atoms with Gasteiger partial charge in [0, 0.05) is 54.5 Å². The third kappa shape index (κ3) is 2.12. The molecule has 4 aromatic rings.